The predicted molar refractivity (Wildman–Crippen MR) is 57.9 cm³/mol. The van der Waals surface area contributed by atoms with Crippen LogP contribution >= 0.6 is 0 Å². The third-order valence-corrected chi connectivity index (χ3v) is 2.35. The van der Waals surface area contributed by atoms with Crippen molar-refractivity contribution in [3.05, 3.63) is 23.8 Å². The van der Waals surface area contributed by atoms with Gasteiger partial charge >= 0.3 is 0 Å². The molecule has 0 fully saturated rings. The lowest BCUT2D eigenvalue weighted by Gasteiger charge is -2.26. The van der Waals surface area contributed by atoms with E-state index in [-0.39, 0.29) is 11.5 Å². The fourth-order valence-electron chi connectivity index (χ4n) is 1.03. The van der Waals surface area contributed by atoms with Crippen molar-refractivity contribution in [2.45, 2.75) is 40.2 Å². The Morgan fingerprint density at radius 3 is 2.21 bits per heavy atom. The maximum atomic E-state index is 6.04. The zero-order chi connectivity index (χ0) is 10.8. The minimum atomic E-state index is 0.102. The van der Waals surface area contributed by atoms with Gasteiger partial charge in [0.05, 0.1) is 0 Å². The monoisotopic (exact) mass is 193 g/mol. The summed E-state index contributed by atoms with van der Waals surface area (Å²) in [6.07, 6.45) is 4.40. The zero-order valence-corrected chi connectivity index (χ0v) is 9.41. The van der Waals surface area contributed by atoms with Crippen molar-refractivity contribution >= 4 is 0 Å². The highest BCUT2D eigenvalue weighted by Crippen LogP contribution is 2.19. The molecule has 78 valence electrons. The third kappa shape index (κ3) is 3.07. The molecule has 0 saturated heterocycles. The van der Waals surface area contributed by atoms with Crippen molar-refractivity contribution in [3.63, 3.8) is 0 Å². The Kier molecular flexibility index (Phi) is 3.21. The quantitative estimate of drug-likeness (QED) is 0.777. The number of nitrogens with zero attached hydrogens (tertiary/aromatic N) is 2. The molecule has 0 aromatic carbocycles. The van der Waals surface area contributed by atoms with Crippen LogP contribution in [-0.2, 0) is 6.42 Å². The lowest BCUT2D eigenvalue weighted by Crippen LogP contribution is -2.37. The van der Waals surface area contributed by atoms with Crippen molar-refractivity contribution in [2.75, 3.05) is 0 Å². The van der Waals surface area contributed by atoms with Crippen molar-refractivity contribution in [3.8, 4) is 0 Å². The number of rotatable bonds is 2. The summed E-state index contributed by atoms with van der Waals surface area (Å²) >= 11 is 0. The molecule has 0 radical (unpaired) electrons. The first-order valence-corrected chi connectivity index (χ1v) is 4.92. The molecular formula is C11H19N3. The summed E-state index contributed by atoms with van der Waals surface area (Å²) < 4.78 is 0. The van der Waals surface area contributed by atoms with Gasteiger partial charge in [-0.3, -0.25) is 0 Å². The minimum absolute atomic E-state index is 0.102. The van der Waals surface area contributed by atoms with E-state index >= 15 is 0 Å². The lowest BCUT2D eigenvalue weighted by atomic mass is 9.85. The molecule has 1 aromatic rings. The van der Waals surface area contributed by atoms with Gasteiger partial charge in [-0.1, -0.05) is 20.8 Å². The minimum Gasteiger partial charge on any atom is -0.327 e. The molecule has 0 bridgehead atoms. The Morgan fingerprint density at radius 1 is 1.29 bits per heavy atom. The molecule has 0 saturated carbocycles. The number of hydrogen-bond donors (Lipinski definition) is 1. The van der Waals surface area contributed by atoms with Crippen LogP contribution in [0.2, 0.25) is 0 Å². The summed E-state index contributed by atoms with van der Waals surface area (Å²) in [6.45, 7) is 8.37. The van der Waals surface area contributed by atoms with Gasteiger partial charge < -0.3 is 5.73 Å². The first kappa shape index (κ1) is 11.1. The van der Waals surface area contributed by atoms with Crippen molar-refractivity contribution in [1.82, 2.24) is 9.97 Å². The molecule has 14 heavy (non-hydrogen) atoms. The molecule has 0 spiro atoms. The number of aryl methyl sites for hydroxylation is 1. The molecular weight excluding hydrogens is 174 g/mol. The van der Waals surface area contributed by atoms with Gasteiger partial charge in [-0.05, 0) is 17.9 Å². The highest BCUT2D eigenvalue weighted by Gasteiger charge is 2.21. The van der Waals surface area contributed by atoms with Gasteiger partial charge in [0.15, 0.2) is 0 Å². The Bertz CT molecular complexity index is 284. The molecule has 0 amide bonds. The second kappa shape index (κ2) is 4.05. The summed E-state index contributed by atoms with van der Waals surface area (Å²) in [6, 6.07) is 0.102. The number of aromatic nitrogens is 2. The molecule has 1 unspecified atom stereocenters. The predicted octanol–water partition coefficient (Wildman–Crippen LogP) is 1.70. The van der Waals surface area contributed by atoms with Crippen molar-refractivity contribution < 1.29 is 0 Å². The average Bonchev–Trinajstić information content (AvgIpc) is 2.07. The molecule has 1 rings (SSSR count). The summed E-state index contributed by atoms with van der Waals surface area (Å²) in [4.78, 5) is 8.48. The van der Waals surface area contributed by atoms with Crippen LogP contribution in [0.1, 0.15) is 32.2 Å². The largest absolute Gasteiger partial charge is 0.327 e. The molecule has 3 nitrogen and oxygen atoms in total. The summed E-state index contributed by atoms with van der Waals surface area (Å²) in [5, 5.41) is 0. The van der Waals surface area contributed by atoms with Crippen LogP contribution in [0.5, 0.6) is 0 Å². The van der Waals surface area contributed by atoms with Gasteiger partial charge in [0.2, 0.25) is 0 Å². The second-order valence-corrected chi connectivity index (χ2v) is 4.85. The van der Waals surface area contributed by atoms with Crippen LogP contribution < -0.4 is 5.73 Å². The van der Waals surface area contributed by atoms with E-state index in [0.717, 1.165) is 17.8 Å². The van der Waals surface area contributed by atoms with Gasteiger partial charge in [-0.2, -0.15) is 0 Å². The summed E-state index contributed by atoms with van der Waals surface area (Å²) in [5.41, 5.74) is 7.23. The van der Waals surface area contributed by atoms with E-state index in [2.05, 4.69) is 30.7 Å². The second-order valence-electron chi connectivity index (χ2n) is 4.85. The van der Waals surface area contributed by atoms with E-state index in [9.17, 15) is 0 Å². The maximum Gasteiger partial charge on any atom is 0.129 e. The Labute approximate surface area is 85.8 Å². The molecule has 0 aliphatic rings. The number of nitrogens with two attached hydrogens (primary N) is 1. The topological polar surface area (TPSA) is 51.8 Å². The number of hydrogen-bond acceptors (Lipinski definition) is 3. The van der Waals surface area contributed by atoms with Gasteiger partial charge in [-0.25, -0.2) is 9.97 Å². The van der Waals surface area contributed by atoms with Crippen molar-refractivity contribution in [2.24, 2.45) is 11.1 Å². The third-order valence-electron chi connectivity index (χ3n) is 2.35. The first-order valence-electron chi connectivity index (χ1n) is 4.92. The molecule has 2 N–H and O–H groups in total. The van der Waals surface area contributed by atoms with E-state index in [4.69, 9.17) is 5.73 Å². The van der Waals surface area contributed by atoms with Crippen LogP contribution in [0.4, 0.5) is 0 Å². The van der Waals surface area contributed by atoms with Crippen molar-refractivity contribution in [1.29, 1.82) is 0 Å². The highest BCUT2D eigenvalue weighted by molar-refractivity contribution is 5.03. The van der Waals surface area contributed by atoms with Crippen LogP contribution in [0.15, 0.2) is 12.4 Å². The van der Waals surface area contributed by atoms with E-state index in [0.29, 0.717) is 0 Å². The van der Waals surface area contributed by atoms with E-state index < -0.39 is 0 Å². The fourth-order valence-corrected chi connectivity index (χ4v) is 1.03. The average molecular weight is 193 g/mol. The summed E-state index contributed by atoms with van der Waals surface area (Å²) in [7, 11) is 0. The SMILES string of the molecule is Cc1cnc(CC(N)C(C)(C)C)nc1. The van der Waals surface area contributed by atoms with E-state index in [1.165, 1.54) is 0 Å². The molecule has 1 atom stereocenters. The molecule has 1 heterocycles. The first-order chi connectivity index (χ1) is 6.39. The van der Waals surface area contributed by atoms with Crippen LogP contribution in [0.25, 0.3) is 0 Å². The van der Waals surface area contributed by atoms with E-state index in [1.54, 1.807) is 0 Å². The van der Waals surface area contributed by atoms with Crippen LogP contribution in [-0.4, -0.2) is 16.0 Å². The zero-order valence-electron chi connectivity index (χ0n) is 9.41. The fraction of sp³-hybridized carbons (Fsp3) is 0.636. The lowest BCUT2D eigenvalue weighted by molar-refractivity contribution is 0.315. The van der Waals surface area contributed by atoms with Crippen LogP contribution in [0.3, 0.4) is 0 Å². The Balaban J connectivity index is 2.65. The standard InChI is InChI=1S/C11H19N3/c1-8-6-13-10(14-7-8)5-9(12)11(2,3)4/h6-7,9H,5,12H2,1-4H3. The van der Waals surface area contributed by atoms with Gasteiger partial charge in [0.25, 0.3) is 0 Å². The normalized spacial score (nSPS) is 14.1. The molecule has 0 aliphatic carbocycles. The Hall–Kier alpha value is -0.960. The van der Waals surface area contributed by atoms with E-state index in [1.807, 2.05) is 19.3 Å². The van der Waals surface area contributed by atoms with Gasteiger partial charge in [-0.15, -0.1) is 0 Å². The highest BCUT2D eigenvalue weighted by atomic mass is 14.9. The molecule has 1 aromatic heterocycles. The molecule has 0 aliphatic heterocycles. The Morgan fingerprint density at radius 2 is 1.79 bits per heavy atom. The molecule has 3 heteroatoms. The smallest absolute Gasteiger partial charge is 0.129 e. The maximum absolute atomic E-state index is 6.04. The summed E-state index contributed by atoms with van der Waals surface area (Å²) in [5.74, 6) is 0.832. The van der Waals surface area contributed by atoms with Gasteiger partial charge in [0.1, 0.15) is 5.82 Å². The van der Waals surface area contributed by atoms with Crippen LogP contribution in [0, 0.1) is 12.3 Å². The van der Waals surface area contributed by atoms with Gasteiger partial charge in [0, 0.05) is 24.9 Å².